The van der Waals surface area contributed by atoms with Crippen LogP contribution in [0, 0.1) is 12.3 Å². The second kappa shape index (κ2) is 5.89. The lowest BCUT2D eigenvalue weighted by Crippen LogP contribution is -2.09. The van der Waals surface area contributed by atoms with E-state index in [0.29, 0.717) is 10.6 Å². The average molecular weight is 257 g/mol. The molecule has 2 rings (SSSR count). The van der Waals surface area contributed by atoms with E-state index in [1.807, 2.05) is 11.4 Å². The number of carbonyl (C=O) groups is 1. The van der Waals surface area contributed by atoms with Gasteiger partial charge in [-0.2, -0.15) is 0 Å². The van der Waals surface area contributed by atoms with Gasteiger partial charge in [0.05, 0.1) is 4.88 Å². The van der Waals surface area contributed by atoms with Crippen LogP contribution in [0.2, 0.25) is 0 Å². The summed E-state index contributed by atoms with van der Waals surface area (Å²) in [5, 5.41) is 4.67. The van der Waals surface area contributed by atoms with E-state index in [1.165, 1.54) is 11.3 Å². The number of carbonyl (C=O) groups excluding carboxylic acids is 1. The number of rotatable bonds is 4. The molecule has 0 saturated carbocycles. The molecule has 0 spiro atoms. The van der Waals surface area contributed by atoms with E-state index in [2.05, 4.69) is 11.2 Å². The summed E-state index contributed by atoms with van der Waals surface area (Å²) in [5.41, 5.74) is 0.724. The quantitative estimate of drug-likeness (QED) is 0.855. The predicted octanol–water partition coefficient (Wildman–Crippen LogP) is 3.01. The van der Waals surface area contributed by atoms with Crippen molar-refractivity contribution in [3.8, 4) is 18.1 Å². The van der Waals surface area contributed by atoms with Gasteiger partial charge in [0, 0.05) is 5.69 Å². The van der Waals surface area contributed by atoms with Crippen molar-refractivity contribution < 1.29 is 9.53 Å². The van der Waals surface area contributed by atoms with Crippen molar-refractivity contribution in [3.05, 3.63) is 46.7 Å². The maximum absolute atomic E-state index is 11.8. The van der Waals surface area contributed by atoms with Gasteiger partial charge in [0.1, 0.15) is 12.4 Å². The Balaban J connectivity index is 1.98. The smallest absolute Gasteiger partial charge is 0.265 e. The van der Waals surface area contributed by atoms with Gasteiger partial charge in [0.25, 0.3) is 5.91 Å². The molecular weight excluding hydrogens is 246 g/mol. The lowest BCUT2D eigenvalue weighted by atomic mass is 10.3. The number of ether oxygens (including phenoxy) is 1. The van der Waals surface area contributed by atoms with Crippen molar-refractivity contribution in [1.29, 1.82) is 0 Å². The Hall–Kier alpha value is -2.25. The molecule has 0 radical (unpaired) electrons. The molecule has 0 aliphatic carbocycles. The van der Waals surface area contributed by atoms with Gasteiger partial charge in [-0.05, 0) is 35.7 Å². The van der Waals surface area contributed by atoms with Crippen molar-refractivity contribution in [2.75, 3.05) is 11.9 Å². The van der Waals surface area contributed by atoms with Gasteiger partial charge in [0.2, 0.25) is 0 Å². The van der Waals surface area contributed by atoms with Crippen LogP contribution >= 0.6 is 11.3 Å². The predicted molar refractivity (Wildman–Crippen MR) is 73.0 cm³/mol. The van der Waals surface area contributed by atoms with E-state index < -0.39 is 0 Å². The van der Waals surface area contributed by atoms with Crippen LogP contribution in [-0.4, -0.2) is 12.5 Å². The molecule has 0 saturated heterocycles. The van der Waals surface area contributed by atoms with Crippen LogP contribution in [-0.2, 0) is 0 Å². The lowest BCUT2D eigenvalue weighted by Gasteiger charge is -2.05. The maximum atomic E-state index is 11.8. The molecule has 0 bridgehead atoms. The molecule has 1 amide bonds. The molecule has 1 aromatic carbocycles. The van der Waals surface area contributed by atoms with Crippen LogP contribution in [0.5, 0.6) is 5.75 Å². The molecule has 0 aliphatic rings. The Morgan fingerprint density at radius 3 is 2.72 bits per heavy atom. The standard InChI is InChI=1S/C14H11NO2S/c1-2-9-17-12-7-5-11(6-8-12)15-14(16)13-4-3-10-18-13/h1,3-8,10H,9H2,(H,15,16). The van der Waals surface area contributed by atoms with Crippen molar-refractivity contribution >= 4 is 22.9 Å². The minimum Gasteiger partial charge on any atom is -0.481 e. The Labute approximate surface area is 109 Å². The van der Waals surface area contributed by atoms with Crippen LogP contribution in [0.1, 0.15) is 9.67 Å². The fraction of sp³-hybridized carbons (Fsp3) is 0.0714. The Morgan fingerprint density at radius 1 is 1.33 bits per heavy atom. The van der Waals surface area contributed by atoms with Crippen LogP contribution in [0.4, 0.5) is 5.69 Å². The molecule has 1 N–H and O–H groups in total. The SMILES string of the molecule is C#CCOc1ccc(NC(=O)c2cccs2)cc1. The molecule has 3 nitrogen and oxygen atoms in total. The third-order valence-electron chi connectivity index (χ3n) is 2.18. The summed E-state index contributed by atoms with van der Waals surface area (Å²) in [7, 11) is 0. The van der Waals surface area contributed by atoms with Gasteiger partial charge in [-0.3, -0.25) is 4.79 Å². The van der Waals surface area contributed by atoms with E-state index in [1.54, 1.807) is 30.3 Å². The van der Waals surface area contributed by atoms with Gasteiger partial charge >= 0.3 is 0 Å². The summed E-state index contributed by atoms with van der Waals surface area (Å²) < 4.78 is 5.24. The molecule has 18 heavy (non-hydrogen) atoms. The summed E-state index contributed by atoms with van der Waals surface area (Å²) in [6, 6.07) is 10.7. The summed E-state index contributed by atoms with van der Waals surface area (Å²) in [6.07, 6.45) is 5.10. The third kappa shape index (κ3) is 3.12. The van der Waals surface area contributed by atoms with E-state index in [-0.39, 0.29) is 12.5 Å². The molecule has 2 aromatic rings. The van der Waals surface area contributed by atoms with Crippen LogP contribution in [0.3, 0.4) is 0 Å². The normalized spacial score (nSPS) is 9.50. The molecule has 0 unspecified atom stereocenters. The van der Waals surface area contributed by atoms with Crippen molar-refractivity contribution in [2.24, 2.45) is 0 Å². The highest BCUT2D eigenvalue weighted by molar-refractivity contribution is 7.12. The zero-order valence-corrected chi connectivity index (χ0v) is 10.4. The minimum atomic E-state index is -0.109. The van der Waals surface area contributed by atoms with Gasteiger partial charge in [0.15, 0.2) is 0 Å². The zero-order valence-electron chi connectivity index (χ0n) is 9.55. The summed E-state index contributed by atoms with van der Waals surface area (Å²) in [4.78, 5) is 12.5. The molecule has 90 valence electrons. The molecular formula is C14H11NO2S. The minimum absolute atomic E-state index is 0.109. The van der Waals surface area contributed by atoms with E-state index in [0.717, 1.165) is 5.69 Å². The molecule has 1 aromatic heterocycles. The third-order valence-corrected chi connectivity index (χ3v) is 3.05. The summed E-state index contributed by atoms with van der Waals surface area (Å²) >= 11 is 1.41. The molecule has 0 fully saturated rings. The van der Waals surface area contributed by atoms with Crippen molar-refractivity contribution in [2.45, 2.75) is 0 Å². The van der Waals surface area contributed by atoms with E-state index in [4.69, 9.17) is 11.2 Å². The number of nitrogens with one attached hydrogen (secondary N) is 1. The van der Waals surface area contributed by atoms with Crippen LogP contribution in [0.15, 0.2) is 41.8 Å². The number of hydrogen-bond donors (Lipinski definition) is 1. The monoisotopic (exact) mass is 257 g/mol. The fourth-order valence-corrected chi connectivity index (χ4v) is 1.98. The number of amides is 1. The number of terminal acetylenes is 1. The Morgan fingerprint density at radius 2 is 2.11 bits per heavy atom. The van der Waals surface area contributed by atoms with Crippen LogP contribution < -0.4 is 10.1 Å². The van der Waals surface area contributed by atoms with Gasteiger partial charge in [-0.1, -0.05) is 12.0 Å². The largest absolute Gasteiger partial charge is 0.481 e. The highest BCUT2D eigenvalue weighted by Gasteiger charge is 2.06. The van der Waals surface area contributed by atoms with E-state index in [9.17, 15) is 4.79 Å². The first-order chi connectivity index (χ1) is 8.79. The van der Waals surface area contributed by atoms with E-state index >= 15 is 0 Å². The molecule has 4 heteroatoms. The van der Waals surface area contributed by atoms with Gasteiger partial charge in [-0.25, -0.2) is 0 Å². The molecule has 0 aliphatic heterocycles. The Kier molecular flexibility index (Phi) is 4.00. The number of benzene rings is 1. The second-order valence-corrected chi connectivity index (χ2v) is 4.40. The number of thiophene rings is 1. The Bertz CT molecular complexity index is 552. The highest BCUT2D eigenvalue weighted by atomic mass is 32.1. The maximum Gasteiger partial charge on any atom is 0.265 e. The van der Waals surface area contributed by atoms with Crippen molar-refractivity contribution in [3.63, 3.8) is 0 Å². The number of hydrogen-bond acceptors (Lipinski definition) is 3. The fourth-order valence-electron chi connectivity index (χ4n) is 1.36. The van der Waals surface area contributed by atoms with Crippen molar-refractivity contribution in [1.82, 2.24) is 0 Å². The summed E-state index contributed by atoms with van der Waals surface area (Å²) in [5.74, 6) is 2.96. The molecule has 0 atom stereocenters. The lowest BCUT2D eigenvalue weighted by molar-refractivity contribution is 0.103. The second-order valence-electron chi connectivity index (χ2n) is 3.45. The first-order valence-electron chi connectivity index (χ1n) is 5.31. The average Bonchev–Trinajstić information content (AvgIpc) is 2.92. The van der Waals surface area contributed by atoms with Crippen LogP contribution in [0.25, 0.3) is 0 Å². The highest BCUT2D eigenvalue weighted by Crippen LogP contribution is 2.17. The number of anilines is 1. The zero-order chi connectivity index (χ0) is 12.8. The van der Waals surface area contributed by atoms with Gasteiger partial charge in [-0.15, -0.1) is 17.8 Å². The summed E-state index contributed by atoms with van der Waals surface area (Å²) in [6.45, 7) is 0.237. The molecule has 1 heterocycles. The first-order valence-corrected chi connectivity index (χ1v) is 6.19. The first kappa shape index (κ1) is 12.2. The van der Waals surface area contributed by atoms with Gasteiger partial charge < -0.3 is 10.1 Å². The topological polar surface area (TPSA) is 38.3 Å².